The van der Waals surface area contributed by atoms with E-state index in [1.54, 1.807) is 0 Å². The third-order valence-electron chi connectivity index (χ3n) is 0.707. The van der Waals surface area contributed by atoms with E-state index in [1.165, 1.54) is 0 Å². The number of aliphatic hydroxyl groups is 3. The molecule has 0 atom stereocenters. The molecule has 10 heteroatoms. The molecule has 0 unspecified atom stereocenters. The zero-order chi connectivity index (χ0) is 15.5. The topological polar surface area (TPSA) is 181 Å². The summed E-state index contributed by atoms with van der Waals surface area (Å²) in [6.07, 6.45) is 0. The number of carbonyl (C=O) groups is 3. The maximum atomic E-state index is 9.24. The van der Waals surface area contributed by atoms with Gasteiger partial charge in [-0.3, -0.25) is 0 Å². The molecule has 0 radical (unpaired) electrons. The molecule has 0 aromatic heterocycles. The predicted molar refractivity (Wildman–Crippen MR) is 56.1 cm³/mol. The van der Waals surface area contributed by atoms with Crippen LogP contribution in [-0.4, -0.2) is 50.6 Å². The number of aliphatic hydroxyl groups excluding tert-OH is 3. The van der Waals surface area contributed by atoms with Gasteiger partial charge in [-0.1, -0.05) is 19.7 Å². The first-order chi connectivity index (χ1) is 7.93. The van der Waals surface area contributed by atoms with Gasteiger partial charge in [-0.25, -0.2) is 0 Å². The Kier molecular flexibility index (Phi) is 18.2. The molecule has 102 valence electrons. The minimum Gasteiger partial charge on any atom is -0.542 e. The third kappa shape index (κ3) is 31.3. The Bertz CT molecular complexity index is 279. The maximum Gasteiger partial charge on any atom is 3.00 e. The second kappa shape index (κ2) is 13.6. The first-order valence-electron chi connectivity index (χ1n) is 3.71. The summed E-state index contributed by atoms with van der Waals surface area (Å²) < 4.78 is 0. The van der Waals surface area contributed by atoms with Crippen LogP contribution in [0.1, 0.15) is 0 Å². The molecule has 0 bridgehead atoms. The van der Waals surface area contributed by atoms with E-state index in [9.17, 15) is 29.7 Å². The van der Waals surface area contributed by atoms with Crippen LogP contribution in [0, 0.1) is 0 Å². The summed E-state index contributed by atoms with van der Waals surface area (Å²) in [5, 5.41) is 51.0. The minimum absolute atomic E-state index is 0. The smallest absolute Gasteiger partial charge is 0.542 e. The van der Waals surface area contributed by atoms with E-state index >= 15 is 0 Å². The number of rotatable bonds is 3. The van der Waals surface area contributed by atoms with Crippen LogP contribution in [0.2, 0.25) is 0 Å². The van der Waals surface area contributed by atoms with Crippen molar-refractivity contribution in [1.82, 2.24) is 0 Å². The fraction of sp³-hybridized carbons (Fsp3) is 0. The van der Waals surface area contributed by atoms with Gasteiger partial charge in [-0.2, -0.15) is 0 Å². The molecule has 0 aliphatic rings. The van der Waals surface area contributed by atoms with Gasteiger partial charge in [0.05, 0.1) is 0 Å². The average Bonchev–Trinajstić information content (AvgIpc) is 2.18. The molecular formula is C9H9AlO9. The van der Waals surface area contributed by atoms with Crippen molar-refractivity contribution in [1.29, 1.82) is 0 Å². The monoisotopic (exact) mass is 288 g/mol. The van der Waals surface area contributed by atoms with Crippen molar-refractivity contribution < 1.29 is 45.0 Å². The molecule has 9 nitrogen and oxygen atoms in total. The van der Waals surface area contributed by atoms with E-state index in [0.717, 1.165) is 0 Å². The van der Waals surface area contributed by atoms with E-state index in [2.05, 4.69) is 19.7 Å². The van der Waals surface area contributed by atoms with Crippen LogP contribution in [0.5, 0.6) is 0 Å². The van der Waals surface area contributed by atoms with Gasteiger partial charge in [-0.05, 0) is 0 Å². The zero-order valence-corrected chi connectivity index (χ0v) is 10.6. The molecule has 0 aromatic carbocycles. The molecule has 0 spiro atoms. The zero-order valence-electron chi connectivity index (χ0n) is 9.49. The summed E-state index contributed by atoms with van der Waals surface area (Å²) in [6, 6.07) is 0. The summed E-state index contributed by atoms with van der Waals surface area (Å²) in [4.78, 5) is 27.7. The largest absolute Gasteiger partial charge is 3.00 e. The van der Waals surface area contributed by atoms with Crippen LogP contribution in [0.15, 0.2) is 37.0 Å². The normalized spacial score (nSPS) is 6.95. The molecule has 3 N–H and O–H groups in total. The molecule has 0 aliphatic heterocycles. The van der Waals surface area contributed by atoms with Crippen LogP contribution in [0.25, 0.3) is 0 Å². The SMILES string of the molecule is C=C(O)C(=O)[O-].C=C(O)C(=O)[O-].C=C(O)C(=O)[O-].[Al+3]. The summed E-state index contributed by atoms with van der Waals surface area (Å²) in [5.41, 5.74) is 0. The van der Waals surface area contributed by atoms with Gasteiger partial charge in [-0.15, -0.1) is 0 Å². The van der Waals surface area contributed by atoms with Crippen molar-refractivity contribution in [3.63, 3.8) is 0 Å². The first kappa shape index (κ1) is 25.4. The van der Waals surface area contributed by atoms with E-state index in [0.29, 0.717) is 0 Å². The molecule has 0 amide bonds. The van der Waals surface area contributed by atoms with E-state index < -0.39 is 35.2 Å². The number of carboxylic acid groups (broad SMARTS) is 3. The molecule has 0 saturated heterocycles. The van der Waals surface area contributed by atoms with Gasteiger partial charge in [0.1, 0.15) is 35.2 Å². The fourth-order valence-electron chi connectivity index (χ4n) is 0. The van der Waals surface area contributed by atoms with Crippen LogP contribution < -0.4 is 15.3 Å². The van der Waals surface area contributed by atoms with Gasteiger partial charge in [0, 0.05) is 0 Å². The summed E-state index contributed by atoms with van der Waals surface area (Å²) in [5.74, 6) is -7.69. The molecule has 19 heavy (non-hydrogen) atoms. The first-order valence-corrected chi connectivity index (χ1v) is 3.71. The Balaban J connectivity index is -0.0000000865. The van der Waals surface area contributed by atoms with Gasteiger partial charge in [0.25, 0.3) is 0 Å². The Labute approximate surface area is 118 Å². The molecule has 0 heterocycles. The number of hydrogen-bond acceptors (Lipinski definition) is 9. The van der Waals surface area contributed by atoms with Crippen molar-refractivity contribution in [3.8, 4) is 0 Å². The van der Waals surface area contributed by atoms with Gasteiger partial charge >= 0.3 is 17.4 Å². The third-order valence-corrected chi connectivity index (χ3v) is 0.707. The van der Waals surface area contributed by atoms with E-state index in [1.807, 2.05) is 0 Å². The number of carbonyl (C=O) groups excluding carboxylic acids is 3. The van der Waals surface area contributed by atoms with Crippen LogP contribution in [0.4, 0.5) is 0 Å². The van der Waals surface area contributed by atoms with E-state index in [4.69, 9.17) is 15.3 Å². The Morgan fingerprint density at radius 2 is 0.684 bits per heavy atom. The summed E-state index contributed by atoms with van der Waals surface area (Å²) in [7, 11) is 0. The fourth-order valence-corrected chi connectivity index (χ4v) is 0. The molecular weight excluding hydrogens is 279 g/mol. The predicted octanol–water partition coefficient (Wildman–Crippen LogP) is -3.96. The Morgan fingerprint density at radius 1 is 0.632 bits per heavy atom. The summed E-state index contributed by atoms with van der Waals surface area (Å²) >= 11 is 0. The van der Waals surface area contributed by atoms with Crippen molar-refractivity contribution in [2.45, 2.75) is 0 Å². The van der Waals surface area contributed by atoms with Crippen molar-refractivity contribution in [3.05, 3.63) is 37.0 Å². The minimum atomic E-state index is -1.63. The number of aliphatic carboxylic acids is 3. The van der Waals surface area contributed by atoms with Gasteiger partial charge < -0.3 is 45.0 Å². The molecule has 0 rings (SSSR count). The average molecular weight is 288 g/mol. The second-order valence-corrected chi connectivity index (χ2v) is 2.20. The van der Waals surface area contributed by atoms with E-state index in [-0.39, 0.29) is 17.4 Å². The number of carboxylic acids is 3. The Morgan fingerprint density at radius 3 is 0.684 bits per heavy atom. The van der Waals surface area contributed by atoms with Gasteiger partial charge in [0.15, 0.2) is 0 Å². The quantitative estimate of drug-likeness (QED) is 0.265. The van der Waals surface area contributed by atoms with Crippen molar-refractivity contribution in [2.24, 2.45) is 0 Å². The van der Waals surface area contributed by atoms with Crippen LogP contribution >= 0.6 is 0 Å². The van der Waals surface area contributed by atoms with Crippen molar-refractivity contribution in [2.75, 3.05) is 0 Å². The van der Waals surface area contributed by atoms with Gasteiger partial charge in [0.2, 0.25) is 0 Å². The van der Waals surface area contributed by atoms with Crippen LogP contribution in [-0.2, 0) is 14.4 Å². The standard InChI is InChI=1S/3C3H4O3.Al/c3*1-2(4)3(5)6;/h3*4H,1H2,(H,5,6);/q;;;+3/p-3. The second-order valence-electron chi connectivity index (χ2n) is 2.20. The maximum absolute atomic E-state index is 9.24. The van der Waals surface area contributed by atoms with Crippen LogP contribution in [0.3, 0.4) is 0 Å². The molecule has 0 aliphatic carbocycles. The Hall–Kier alpha value is -2.44. The summed E-state index contributed by atoms with van der Waals surface area (Å²) in [6.45, 7) is 7.94. The molecule has 0 fully saturated rings. The van der Waals surface area contributed by atoms with Crippen molar-refractivity contribution >= 4 is 35.3 Å². The molecule has 0 saturated carbocycles. The molecule has 0 aromatic rings. The number of hydrogen-bond donors (Lipinski definition) is 3.